The lowest BCUT2D eigenvalue weighted by molar-refractivity contribution is -0.137. The second kappa shape index (κ2) is 4.06. The van der Waals surface area contributed by atoms with E-state index in [1.807, 2.05) is 18.2 Å². The van der Waals surface area contributed by atoms with Crippen LogP contribution in [0.15, 0.2) is 35.6 Å². The zero-order valence-electron chi connectivity index (χ0n) is 9.45. The molecule has 18 heavy (non-hydrogen) atoms. The number of aliphatic carboxylic acids is 1. The van der Waals surface area contributed by atoms with Crippen molar-refractivity contribution in [2.75, 3.05) is 0 Å². The van der Waals surface area contributed by atoms with Crippen LogP contribution in [0.3, 0.4) is 0 Å². The van der Waals surface area contributed by atoms with E-state index in [1.54, 1.807) is 12.4 Å². The van der Waals surface area contributed by atoms with Crippen molar-refractivity contribution in [2.24, 2.45) is 4.99 Å². The first-order valence-corrected chi connectivity index (χ1v) is 5.51. The molecule has 0 amide bonds. The number of hydrogen-bond donors (Lipinski definition) is 1. The summed E-state index contributed by atoms with van der Waals surface area (Å²) in [6.45, 7) is -0.200. The molecule has 0 saturated heterocycles. The molecule has 0 spiro atoms. The summed E-state index contributed by atoms with van der Waals surface area (Å²) in [5.41, 5.74) is 2.13. The van der Waals surface area contributed by atoms with Gasteiger partial charge in [-0.25, -0.2) is 9.67 Å². The molecule has 0 unspecified atom stereocenters. The van der Waals surface area contributed by atoms with E-state index in [0.717, 1.165) is 11.1 Å². The predicted molar refractivity (Wildman–Crippen MR) is 65.5 cm³/mol. The number of carboxylic acid groups (broad SMARTS) is 1. The summed E-state index contributed by atoms with van der Waals surface area (Å²) in [5, 5.41) is 14.0. The number of fused-ring (bicyclic) bond motifs is 1. The van der Waals surface area contributed by atoms with E-state index < -0.39 is 5.97 Å². The Kier molecular flexibility index (Phi) is 2.40. The van der Waals surface area contributed by atoms with Gasteiger partial charge in [-0.2, -0.15) is 5.10 Å². The Morgan fingerprint density at radius 1 is 1.50 bits per heavy atom. The molecule has 1 aliphatic heterocycles. The van der Waals surface area contributed by atoms with E-state index >= 15 is 0 Å². The highest BCUT2D eigenvalue weighted by molar-refractivity contribution is 6.10. The van der Waals surface area contributed by atoms with Crippen LogP contribution in [0.4, 0.5) is 0 Å². The van der Waals surface area contributed by atoms with E-state index in [2.05, 4.69) is 15.1 Å². The van der Waals surface area contributed by atoms with Gasteiger partial charge in [0.15, 0.2) is 5.65 Å². The van der Waals surface area contributed by atoms with Crippen LogP contribution in [0.1, 0.15) is 12.1 Å². The molecule has 3 heterocycles. The quantitative estimate of drug-likeness (QED) is 0.877. The van der Waals surface area contributed by atoms with Crippen LogP contribution in [0.25, 0.3) is 11.0 Å². The Hall–Kier alpha value is -2.50. The Morgan fingerprint density at radius 3 is 3.11 bits per heavy atom. The number of hydrogen-bond acceptors (Lipinski definition) is 4. The lowest BCUT2D eigenvalue weighted by atomic mass is 10.1. The zero-order chi connectivity index (χ0) is 12.5. The molecule has 0 saturated carbocycles. The second-order valence-electron chi connectivity index (χ2n) is 3.94. The first-order valence-electron chi connectivity index (χ1n) is 5.51. The van der Waals surface area contributed by atoms with Crippen molar-refractivity contribution in [2.45, 2.75) is 13.0 Å². The molecule has 6 heteroatoms. The van der Waals surface area contributed by atoms with Gasteiger partial charge < -0.3 is 5.11 Å². The molecule has 0 radical (unpaired) electrons. The topological polar surface area (TPSA) is 80.4 Å². The first-order chi connectivity index (χ1) is 8.75. The molecule has 6 nitrogen and oxygen atoms in total. The van der Waals surface area contributed by atoms with Crippen LogP contribution < -0.4 is 0 Å². The summed E-state index contributed by atoms with van der Waals surface area (Å²) < 4.78 is 1.40. The first kappa shape index (κ1) is 10.6. The third-order valence-corrected chi connectivity index (χ3v) is 2.71. The van der Waals surface area contributed by atoms with Crippen molar-refractivity contribution < 1.29 is 9.90 Å². The lowest BCUT2D eigenvalue weighted by Gasteiger charge is -1.96. The minimum atomic E-state index is -0.942. The largest absolute Gasteiger partial charge is 0.480 e. The molecule has 1 N–H and O–H groups in total. The van der Waals surface area contributed by atoms with E-state index in [1.165, 1.54) is 4.68 Å². The van der Waals surface area contributed by atoms with Gasteiger partial charge in [0.2, 0.25) is 0 Å². The Labute approximate surface area is 102 Å². The summed E-state index contributed by atoms with van der Waals surface area (Å²) in [6.07, 6.45) is 6.01. The predicted octanol–water partition coefficient (Wildman–Crippen LogP) is 1.22. The van der Waals surface area contributed by atoms with Gasteiger partial charge in [0, 0.05) is 24.2 Å². The van der Waals surface area contributed by atoms with Gasteiger partial charge in [0.05, 0.1) is 5.71 Å². The van der Waals surface area contributed by atoms with E-state index in [4.69, 9.17) is 5.11 Å². The summed E-state index contributed by atoms with van der Waals surface area (Å²) in [5.74, 6) is -0.942. The zero-order valence-corrected chi connectivity index (χ0v) is 9.45. The fraction of sp³-hybridized carbons (Fsp3) is 0.167. The molecule has 0 fully saturated rings. The number of carbonyl (C=O) groups is 1. The Balaban J connectivity index is 2.17. The number of rotatable bonds is 3. The van der Waals surface area contributed by atoms with Crippen molar-refractivity contribution in [3.8, 4) is 0 Å². The molecule has 2 aromatic rings. The highest BCUT2D eigenvalue weighted by atomic mass is 16.4. The number of aromatic nitrogens is 3. The number of pyridine rings is 1. The number of aliphatic imine (C=N–C) groups is 1. The van der Waals surface area contributed by atoms with Crippen LogP contribution in [0, 0.1) is 0 Å². The maximum absolute atomic E-state index is 10.8. The molecule has 0 atom stereocenters. The monoisotopic (exact) mass is 242 g/mol. The summed E-state index contributed by atoms with van der Waals surface area (Å²) in [4.78, 5) is 19.2. The molecular weight excluding hydrogens is 232 g/mol. The van der Waals surface area contributed by atoms with Crippen LogP contribution >= 0.6 is 0 Å². The second-order valence-corrected chi connectivity index (χ2v) is 3.94. The summed E-state index contributed by atoms with van der Waals surface area (Å²) in [6, 6.07) is 3.69. The fourth-order valence-electron chi connectivity index (χ4n) is 1.98. The highest BCUT2D eigenvalue weighted by Gasteiger charge is 2.17. The number of carboxylic acids is 1. The van der Waals surface area contributed by atoms with Crippen molar-refractivity contribution in [3.05, 3.63) is 36.3 Å². The van der Waals surface area contributed by atoms with E-state index in [-0.39, 0.29) is 6.54 Å². The van der Waals surface area contributed by atoms with Gasteiger partial charge in [-0.1, -0.05) is 6.08 Å². The van der Waals surface area contributed by atoms with Crippen LogP contribution in [-0.4, -0.2) is 31.6 Å². The van der Waals surface area contributed by atoms with Crippen molar-refractivity contribution in [1.29, 1.82) is 0 Å². The van der Waals surface area contributed by atoms with Crippen LogP contribution in [0.5, 0.6) is 0 Å². The smallest absolute Gasteiger partial charge is 0.325 e. The average Bonchev–Trinajstić information content (AvgIpc) is 2.96. The average molecular weight is 242 g/mol. The number of allylic oxidation sites excluding steroid dienone is 1. The van der Waals surface area contributed by atoms with Crippen LogP contribution in [0.2, 0.25) is 0 Å². The van der Waals surface area contributed by atoms with Gasteiger partial charge in [-0.15, -0.1) is 0 Å². The number of nitrogens with zero attached hydrogens (tertiary/aromatic N) is 4. The van der Waals surface area contributed by atoms with Gasteiger partial charge in [-0.3, -0.25) is 9.79 Å². The molecule has 90 valence electrons. The molecule has 2 aromatic heterocycles. The highest BCUT2D eigenvalue weighted by Crippen LogP contribution is 2.20. The SMILES string of the molecule is O=C(O)Cn1nc(C2=NC=CC2)c2cccnc21. The fourth-order valence-corrected chi connectivity index (χ4v) is 1.98. The molecule has 0 bridgehead atoms. The summed E-state index contributed by atoms with van der Waals surface area (Å²) in [7, 11) is 0. The molecule has 0 aliphatic carbocycles. The van der Waals surface area contributed by atoms with E-state index in [0.29, 0.717) is 17.8 Å². The minimum absolute atomic E-state index is 0.200. The minimum Gasteiger partial charge on any atom is -0.480 e. The van der Waals surface area contributed by atoms with Gasteiger partial charge in [0.25, 0.3) is 0 Å². The maximum Gasteiger partial charge on any atom is 0.325 e. The third kappa shape index (κ3) is 1.67. The van der Waals surface area contributed by atoms with Gasteiger partial charge in [-0.05, 0) is 12.1 Å². The molecule has 1 aliphatic rings. The van der Waals surface area contributed by atoms with Crippen molar-refractivity contribution in [3.63, 3.8) is 0 Å². The maximum atomic E-state index is 10.8. The molecule has 0 aromatic carbocycles. The lowest BCUT2D eigenvalue weighted by Crippen LogP contribution is -2.11. The standard InChI is InChI=1S/C12H10N4O2/c17-10(18)7-16-12-8(3-1-6-14-12)11(15-16)9-4-2-5-13-9/h1-3,5-6H,4,7H2,(H,17,18). The van der Waals surface area contributed by atoms with E-state index in [9.17, 15) is 4.79 Å². The summed E-state index contributed by atoms with van der Waals surface area (Å²) >= 11 is 0. The van der Waals surface area contributed by atoms with Crippen molar-refractivity contribution in [1.82, 2.24) is 14.8 Å². The third-order valence-electron chi connectivity index (χ3n) is 2.71. The Morgan fingerprint density at radius 2 is 2.39 bits per heavy atom. The van der Waals surface area contributed by atoms with Gasteiger partial charge in [0.1, 0.15) is 12.2 Å². The van der Waals surface area contributed by atoms with Gasteiger partial charge >= 0.3 is 5.97 Å². The molecular formula is C12H10N4O2. The molecule has 3 rings (SSSR count). The Bertz CT molecular complexity index is 684. The normalized spacial score (nSPS) is 14.1. The van der Waals surface area contributed by atoms with Crippen LogP contribution in [-0.2, 0) is 11.3 Å². The van der Waals surface area contributed by atoms with Crippen molar-refractivity contribution >= 4 is 22.7 Å².